The third-order valence-corrected chi connectivity index (χ3v) is 3.55. The molecule has 1 heterocycles. The zero-order valence-corrected chi connectivity index (χ0v) is 12.7. The van der Waals surface area contributed by atoms with Crippen LogP contribution < -0.4 is 20.5 Å². The van der Waals surface area contributed by atoms with Crippen LogP contribution in [0.25, 0.3) is 0 Å². The van der Waals surface area contributed by atoms with Crippen molar-refractivity contribution < 1.29 is 9.47 Å². The molecule has 3 N–H and O–H groups in total. The van der Waals surface area contributed by atoms with Crippen molar-refractivity contribution in [1.29, 1.82) is 0 Å². The first-order valence-corrected chi connectivity index (χ1v) is 7.12. The Balaban J connectivity index is 1.89. The van der Waals surface area contributed by atoms with Crippen molar-refractivity contribution in [3.05, 3.63) is 29.8 Å². The van der Waals surface area contributed by atoms with E-state index in [-0.39, 0.29) is 6.04 Å². The van der Waals surface area contributed by atoms with E-state index >= 15 is 0 Å². The number of anilines is 2. The van der Waals surface area contributed by atoms with Crippen LogP contribution in [0.4, 0.5) is 10.8 Å². The van der Waals surface area contributed by atoms with Gasteiger partial charge in [-0.25, -0.2) is 0 Å². The highest BCUT2D eigenvalue weighted by atomic mass is 32.1. The van der Waals surface area contributed by atoms with Crippen LogP contribution in [-0.2, 0) is 0 Å². The number of hydrogen-bond donors (Lipinski definition) is 2. The molecule has 6 heteroatoms. The summed E-state index contributed by atoms with van der Waals surface area (Å²) in [5.74, 6) is 1.86. The number of nitrogens with zero attached hydrogens (tertiary/aromatic N) is 1. The summed E-state index contributed by atoms with van der Waals surface area (Å²) in [5.41, 5.74) is 6.93. The molecule has 0 aliphatic carbocycles. The Morgan fingerprint density at radius 3 is 2.70 bits per heavy atom. The Morgan fingerprint density at radius 1 is 1.35 bits per heavy atom. The summed E-state index contributed by atoms with van der Waals surface area (Å²) < 4.78 is 15.0. The molecule has 1 atom stereocenters. The predicted molar refractivity (Wildman–Crippen MR) is 82.8 cm³/mol. The normalized spacial score (nSPS) is 11.9. The Labute approximate surface area is 122 Å². The molecule has 0 saturated heterocycles. The minimum atomic E-state index is 0.116. The zero-order valence-electron chi connectivity index (χ0n) is 11.8. The molecule has 0 radical (unpaired) electrons. The van der Waals surface area contributed by atoms with Crippen LogP contribution >= 0.6 is 11.5 Å². The first-order valence-electron chi connectivity index (χ1n) is 6.35. The molecule has 0 fully saturated rings. The van der Waals surface area contributed by atoms with Gasteiger partial charge in [-0.05, 0) is 37.5 Å². The number of hydrogen-bond acceptors (Lipinski definition) is 6. The first kappa shape index (κ1) is 14.5. The second-order valence-electron chi connectivity index (χ2n) is 4.60. The molecular formula is C14H19N3O2S. The van der Waals surface area contributed by atoms with E-state index in [0.29, 0.717) is 18.2 Å². The van der Waals surface area contributed by atoms with Gasteiger partial charge in [-0.15, -0.1) is 0 Å². The molecule has 108 valence electrons. The van der Waals surface area contributed by atoms with E-state index in [4.69, 9.17) is 15.2 Å². The van der Waals surface area contributed by atoms with Crippen molar-refractivity contribution in [2.75, 3.05) is 24.8 Å². The molecule has 1 aromatic heterocycles. The van der Waals surface area contributed by atoms with Crippen molar-refractivity contribution in [1.82, 2.24) is 4.37 Å². The van der Waals surface area contributed by atoms with Crippen LogP contribution in [0, 0.1) is 6.92 Å². The zero-order chi connectivity index (χ0) is 14.5. The number of ether oxygens (including phenoxy) is 2. The third-order valence-electron chi connectivity index (χ3n) is 2.78. The van der Waals surface area contributed by atoms with Crippen molar-refractivity contribution in [2.24, 2.45) is 0 Å². The van der Waals surface area contributed by atoms with Crippen LogP contribution in [0.1, 0.15) is 12.5 Å². The van der Waals surface area contributed by atoms with Gasteiger partial charge < -0.3 is 20.5 Å². The molecule has 5 nitrogen and oxygen atoms in total. The van der Waals surface area contributed by atoms with Gasteiger partial charge in [-0.1, -0.05) is 17.7 Å². The van der Waals surface area contributed by atoms with Crippen molar-refractivity contribution in [2.45, 2.75) is 19.9 Å². The highest BCUT2D eigenvalue weighted by molar-refractivity contribution is 7.11. The minimum absolute atomic E-state index is 0.116. The maximum Gasteiger partial charge on any atom is 0.197 e. The van der Waals surface area contributed by atoms with Gasteiger partial charge in [0, 0.05) is 0 Å². The van der Waals surface area contributed by atoms with Gasteiger partial charge in [0.15, 0.2) is 16.6 Å². The number of aromatic nitrogens is 1. The number of methoxy groups -OCH3 is 1. The third kappa shape index (κ3) is 3.54. The molecule has 2 aromatic rings. The Kier molecular flexibility index (Phi) is 4.68. The first-order chi connectivity index (χ1) is 9.60. The van der Waals surface area contributed by atoms with Gasteiger partial charge in [0.1, 0.15) is 12.4 Å². The molecule has 1 unspecified atom stereocenters. The second kappa shape index (κ2) is 6.47. The summed E-state index contributed by atoms with van der Waals surface area (Å²) in [7, 11) is 1.58. The molecular weight excluding hydrogens is 274 g/mol. The number of nitrogens with one attached hydrogen (secondary N) is 1. The molecule has 0 amide bonds. The van der Waals surface area contributed by atoms with Crippen molar-refractivity contribution >= 4 is 22.4 Å². The lowest BCUT2D eigenvalue weighted by Gasteiger charge is -2.15. The van der Waals surface area contributed by atoms with E-state index in [1.54, 1.807) is 7.11 Å². The average Bonchev–Trinajstić information content (AvgIpc) is 2.78. The fourth-order valence-electron chi connectivity index (χ4n) is 1.70. The van der Waals surface area contributed by atoms with Crippen LogP contribution in [0.2, 0.25) is 0 Å². The Morgan fingerprint density at radius 2 is 2.05 bits per heavy atom. The molecule has 1 aromatic carbocycles. The topological polar surface area (TPSA) is 69.4 Å². The highest BCUT2D eigenvalue weighted by Crippen LogP contribution is 2.35. The van der Waals surface area contributed by atoms with Gasteiger partial charge >= 0.3 is 0 Å². The van der Waals surface area contributed by atoms with Gasteiger partial charge in [-0.2, -0.15) is 4.37 Å². The van der Waals surface area contributed by atoms with Crippen LogP contribution in [0.15, 0.2) is 24.3 Å². The lowest BCUT2D eigenvalue weighted by molar-refractivity contribution is 0.303. The molecule has 0 aliphatic rings. The summed E-state index contributed by atoms with van der Waals surface area (Å²) in [5, 5.41) is 4.11. The summed E-state index contributed by atoms with van der Waals surface area (Å²) in [6.45, 7) is 4.63. The van der Waals surface area contributed by atoms with Crippen LogP contribution in [0.5, 0.6) is 11.5 Å². The predicted octanol–water partition coefficient (Wildman–Crippen LogP) is 2.92. The van der Waals surface area contributed by atoms with E-state index in [9.17, 15) is 0 Å². The maximum absolute atomic E-state index is 5.72. The van der Waals surface area contributed by atoms with Gasteiger partial charge in [0.2, 0.25) is 0 Å². The van der Waals surface area contributed by atoms with E-state index in [2.05, 4.69) is 16.6 Å². The minimum Gasteiger partial charge on any atom is -0.491 e. The highest BCUT2D eigenvalue weighted by Gasteiger charge is 2.14. The number of benzene rings is 1. The van der Waals surface area contributed by atoms with Gasteiger partial charge in [0.25, 0.3) is 0 Å². The van der Waals surface area contributed by atoms with Crippen molar-refractivity contribution in [3.63, 3.8) is 0 Å². The molecule has 0 saturated carbocycles. The smallest absolute Gasteiger partial charge is 0.197 e. The number of aryl methyl sites for hydroxylation is 1. The Hall–Kier alpha value is -1.95. The molecule has 20 heavy (non-hydrogen) atoms. The number of rotatable bonds is 6. The summed E-state index contributed by atoms with van der Waals surface area (Å²) in [4.78, 5) is 0. The molecule has 2 rings (SSSR count). The summed E-state index contributed by atoms with van der Waals surface area (Å²) >= 11 is 1.29. The average molecular weight is 293 g/mol. The van der Waals surface area contributed by atoms with E-state index in [1.165, 1.54) is 17.1 Å². The Bertz CT molecular complexity index is 554. The number of nitrogens with two attached hydrogens (primary N) is 1. The lowest BCUT2D eigenvalue weighted by atomic mass is 10.2. The van der Waals surface area contributed by atoms with Crippen molar-refractivity contribution in [3.8, 4) is 11.5 Å². The fourth-order valence-corrected chi connectivity index (χ4v) is 2.50. The monoisotopic (exact) mass is 293 g/mol. The number of nitrogen functional groups attached to an aromatic ring is 1. The second-order valence-corrected chi connectivity index (χ2v) is 5.37. The summed E-state index contributed by atoms with van der Waals surface area (Å²) in [6.07, 6.45) is 0. The largest absolute Gasteiger partial charge is 0.491 e. The van der Waals surface area contributed by atoms with Gasteiger partial charge in [0.05, 0.1) is 13.2 Å². The maximum atomic E-state index is 5.72. The van der Waals surface area contributed by atoms with E-state index < -0.39 is 0 Å². The molecule has 0 spiro atoms. The standard InChI is InChI=1S/C14H19N3O2S/c1-9-4-6-11(7-5-9)19-8-10(2)16-14-12(18-3)13(15)17-20-14/h4-7,10,16H,8H2,1-3H3,(H2,15,17). The molecule has 0 aliphatic heterocycles. The van der Waals surface area contributed by atoms with Crippen LogP contribution in [-0.4, -0.2) is 24.1 Å². The van der Waals surface area contributed by atoms with Gasteiger partial charge in [-0.3, -0.25) is 0 Å². The van der Waals surface area contributed by atoms with Crippen LogP contribution in [0.3, 0.4) is 0 Å². The lowest BCUT2D eigenvalue weighted by Crippen LogP contribution is -2.23. The quantitative estimate of drug-likeness (QED) is 0.857. The summed E-state index contributed by atoms with van der Waals surface area (Å²) in [6, 6.07) is 8.10. The SMILES string of the molecule is COc1c(N)nsc1NC(C)COc1ccc(C)cc1. The van der Waals surface area contributed by atoms with E-state index in [1.807, 2.05) is 31.2 Å². The molecule has 0 bridgehead atoms. The van der Waals surface area contributed by atoms with E-state index in [0.717, 1.165) is 10.8 Å². The fraction of sp³-hybridized carbons (Fsp3) is 0.357.